The van der Waals surface area contributed by atoms with Gasteiger partial charge >= 0.3 is 6.03 Å². The summed E-state index contributed by atoms with van der Waals surface area (Å²) in [6, 6.07) is 6.51. The van der Waals surface area contributed by atoms with Gasteiger partial charge in [0, 0.05) is 6.26 Å². The van der Waals surface area contributed by atoms with Crippen LogP contribution in [0.25, 0.3) is 10.2 Å². The Morgan fingerprint density at radius 3 is 2.50 bits per heavy atom. The van der Waals surface area contributed by atoms with E-state index in [1.807, 2.05) is 0 Å². The number of amides is 3. The lowest BCUT2D eigenvalue weighted by Crippen LogP contribution is -2.34. The fraction of sp³-hybridized carbons (Fsp3) is 0.167. The summed E-state index contributed by atoms with van der Waals surface area (Å²) in [6.07, 6.45) is 1.10. The molecule has 3 rings (SSSR count). The van der Waals surface area contributed by atoms with Gasteiger partial charge in [-0.2, -0.15) is 0 Å². The molecule has 0 aliphatic rings. The first-order valence-electron chi connectivity index (χ1n) is 8.27. The van der Waals surface area contributed by atoms with Crippen molar-refractivity contribution in [3.8, 4) is 11.5 Å². The van der Waals surface area contributed by atoms with Crippen molar-refractivity contribution in [1.82, 2.24) is 10.3 Å². The lowest BCUT2D eigenvalue weighted by molar-refractivity contribution is 0.0967. The van der Waals surface area contributed by atoms with Gasteiger partial charge in [-0.3, -0.25) is 15.4 Å². The van der Waals surface area contributed by atoms with Gasteiger partial charge in [0.1, 0.15) is 0 Å². The Balaban J connectivity index is 1.76. The summed E-state index contributed by atoms with van der Waals surface area (Å²) in [6.45, 7) is 0. The van der Waals surface area contributed by atoms with Crippen LogP contribution in [-0.4, -0.2) is 45.8 Å². The standard InChI is InChI=1S/C18H16ClN3O6S2/c1-27-12-7-5-10(14(19)15(12)28-2)16(23)21-17(24)22-18-20-11-6-4-9(30(3,25)26)8-13(11)29-18/h4-8H,1-3H3,(H2,20,21,22,23,24). The van der Waals surface area contributed by atoms with Crippen molar-refractivity contribution in [2.45, 2.75) is 4.90 Å². The fourth-order valence-electron chi connectivity index (χ4n) is 2.55. The maximum absolute atomic E-state index is 12.4. The highest BCUT2D eigenvalue weighted by molar-refractivity contribution is 7.90. The summed E-state index contributed by atoms with van der Waals surface area (Å²) in [7, 11) is -0.562. The third-order valence-electron chi connectivity index (χ3n) is 3.97. The number of urea groups is 1. The van der Waals surface area contributed by atoms with Gasteiger partial charge < -0.3 is 9.47 Å². The maximum Gasteiger partial charge on any atom is 0.327 e. The Hall–Kier alpha value is -2.89. The molecule has 0 spiro atoms. The van der Waals surface area contributed by atoms with Crippen LogP contribution in [0.15, 0.2) is 35.2 Å². The van der Waals surface area contributed by atoms with Crippen molar-refractivity contribution < 1.29 is 27.5 Å². The predicted molar refractivity (Wildman–Crippen MR) is 114 cm³/mol. The van der Waals surface area contributed by atoms with E-state index in [1.165, 1.54) is 38.5 Å². The molecular weight excluding hydrogens is 454 g/mol. The average molecular weight is 470 g/mol. The number of aromatic nitrogens is 1. The second kappa shape index (κ2) is 8.46. The highest BCUT2D eigenvalue weighted by Crippen LogP contribution is 2.37. The topological polar surface area (TPSA) is 124 Å². The second-order valence-corrected chi connectivity index (χ2v) is 9.42. The van der Waals surface area contributed by atoms with Crippen LogP contribution in [-0.2, 0) is 9.84 Å². The van der Waals surface area contributed by atoms with E-state index in [0.29, 0.717) is 16.0 Å². The fourth-order valence-corrected chi connectivity index (χ4v) is 4.49. The number of anilines is 1. The zero-order valence-electron chi connectivity index (χ0n) is 16.0. The number of carbonyl (C=O) groups is 2. The summed E-state index contributed by atoms with van der Waals surface area (Å²) < 4.78 is 34.2. The minimum Gasteiger partial charge on any atom is -0.493 e. The van der Waals surface area contributed by atoms with Gasteiger partial charge in [-0.25, -0.2) is 18.2 Å². The molecule has 12 heteroatoms. The van der Waals surface area contributed by atoms with Gasteiger partial charge in [0.25, 0.3) is 5.91 Å². The third kappa shape index (κ3) is 4.48. The summed E-state index contributed by atoms with van der Waals surface area (Å²) in [5, 5.41) is 4.79. The van der Waals surface area contributed by atoms with E-state index in [-0.39, 0.29) is 26.4 Å². The average Bonchev–Trinajstić information content (AvgIpc) is 3.07. The van der Waals surface area contributed by atoms with Crippen LogP contribution in [0.2, 0.25) is 5.02 Å². The monoisotopic (exact) mass is 469 g/mol. The molecule has 1 heterocycles. The van der Waals surface area contributed by atoms with Crippen molar-refractivity contribution in [1.29, 1.82) is 0 Å². The molecule has 3 aromatic rings. The smallest absolute Gasteiger partial charge is 0.327 e. The quantitative estimate of drug-likeness (QED) is 0.587. The van der Waals surface area contributed by atoms with Crippen molar-refractivity contribution in [3.63, 3.8) is 0 Å². The molecule has 0 atom stereocenters. The number of hydrogen-bond donors (Lipinski definition) is 2. The highest BCUT2D eigenvalue weighted by Gasteiger charge is 2.20. The Morgan fingerprint density at radius 2 is 1.87 bits per heavy atom. The van der Waals surface area contributed by atoms with Gasteiger partial charge in [0.15, 0.2) is 26.5 Å². The summed E-state index contributed by atoms with van der Waals surface area (Å²) in [4.78, 5) is 29.0. The molecule has 2 aromatic carbocycles. The first kappa shape index (κ1) is 21.8. The van der Waals surface area contributed by atoms with Crippen LogP contribution < -0.4 is 20.1 Å². The molecular formula is C18H16ClN3O6S2. The van der Waals surface area contributed by atoms with Crippen molar-refractivity contribution in [2.75, 3.05) is 25.8 Å². The number of fused-ring (bicyclic) bond motifs is 1. The molecule has 1 aromatic heterocycles. The molecule has 0 saturated carbocycles. The summed E-state index contributed by atoms with van der Waals surface area (Å²) >= 11 is 7.25. The first-order chi connectivity index (χ1) is 14.1. The van der Waals surface area contributed by atoms with E-state index in [4.69, 9.17) is 21.1 Å². The molecule has 30 heavy (non-hydrogen) atoms. The third-order valence-corrected chi connectivity index (χ3v) is 6.38. The normalized spacial score (nSPS) is 11.2. The van der Waals surface area contributed by atoms with Gasteiger partial charge in [0.2, 0.25) is 0 Å². The van der Waals surface area contributed by atoms with Crippen LogP contribution in [0.1, 0.15) is 10.4 Å². The number of rotatable bonds is 5. The minimum atomic E-state index is -3.37. The molecule has 158 valence electrons. The second-order valence-electron chi connectivity index (χ2n) is 5.99. The lowest BCUT2D eigenvalue weighted by atomic mass is 10.2. The molecule has 3 amide bonds. The largest absolute Gasteiger partial charge is 0.493 e. The van der Waals surface area contributed by atoms with E-state index < -0.39 is 21.8 Å². The lowest BCUT2D eigenvalue weighted by Gasteiger charge is -2.12. The number of ether oxygens (including phenoxy) is 2. The molecule has 0 aliphatic carbocycles. The summed E-state index contributed by atoms with van der Waals surface area (Å²) in [5.41, 5.74) is 0.531. The zero-order chi connectivity index (χ0) is 22.1. The molecule has 0 saturated heterocycles. The number of nitrogens with zero attached hydrogens (tertiary/aromatic N) is 1. The van der Waals surface area contributed by atoms with E-state index in [0.717, 1.165) is 17.6 Å². The Bertz CT molecular complexity index is 1260. The van der Waals surface area contributed by atoms with E-state index >= 15 is 0 Å². The summed E-state index contributed by atoms with van der Waals surface area (Å²) in [5.74, 6) is -0.245. The number of thiazole rings is 1. The molecule has 0 bridgehead atoms. The number of sulfone groups is 1. The Morgan fingerprint density at radius 1 is 1.13 bits per heavy atom. The van der Waals surface area contributed by atoms with Gasteiger partial charge in [-0.1, -0.05) is 22.9 Å². The number of nitrogens with one attached hydrogen (secondary N) is 2. The number of halogens is 1. The number of benzene rings is 2. The molecule has 0 fully saturated rings. The highest BCUT2D eigenvalue weighted by atomic mass is 35.5. The van der Waals surface area contributed by atoms with Crippen LogP contribution in [0.5, 0.6) is 11.5 Å². The zero-order valence-corrected chi connectivity index (χ0v) is 18.4. The number of carbonyl (C=O) groups excluding carboxylic acids is 2. The van der Waals surface area contributed by atoms with Crippen LogP contribution in [0, 0.1) is 0 Å². The molecule has 0 radical (unpaired) electrons. The molecule has 2 N–H and O–H groups in total. The number of methoxy groups -OCH3 is 2. The number of hydrogen-bond acceptors (Lipinski definition) is 8. The van der Waals surface area contributed by atoms with Crippen molar-refractivity contribution in [3.05, 3.63) is 40.9 Å². The number of imide groups is 1. The van der Waals surface area contributed by atoms with E-state index in [1.54, 1.807) is 6.07 Å². The van der Waals surface area contributed by atoms with Gasteiger partial charge in [0.05, 0.1) is 39.9 Å². The van der Waals surface area contributed by atoms with Gasteiger partial charge in [-0.15, -0.1) is 0 Å². The first-order valence-corrected chi connectivity index (χ1v) is 11.4. The molecule has 0 unspecified atom stereocenters. The van der Waals surface area contributed by atoms with Crippen LogP contribution in [0.4, 0.5) is 9.93 Å². The maximum atomic E-state index is 12.4. The van der Waals surface area contributed by atoms with E-state index in [2.05, 4.69) is 15.6 Å². The van der Waals surface area contributed by atoms with Crippen LogP contribution >= 0.6 is 22.9 Å². The molecule has 0 aliphatic heterocycles. The predicted octanol–water partition coefficient (Wildman–Crippen LogP) is 3.33. The minimum absolute atomic E-state index is 0.00422. The Labute approximate surface area is 180 Å². The van der Waals surface area contributed by atoms with Crippen molar-refractivity contribution >= 4 is 60.1 Å². The van der Waals surface area contributed by atoms with Crippen molar-refractivity contribution in [2.24, 2.45) is 0 Å². The Kier molecular flexibility index (Phi) is 6.15. The SMILES string of the molecule is COc1ccc(C(=O)NC(=O)Nc2nc3ccc(S(C)(=O)=O)cc3s2)c(Cl)c1OC. The molecule has 9 nitrogen and oxygen atoms in total. The van der Waals surface area contributed by atoms with E-state index in [9.17, 15) is 18.0 Å². The van der Waals surface area contributed by atoms with Gasteiger partial charge in [-0.05, 0) is 30.3 Å². The van der Waals surface area contributed by atoms with Crippen LogP contribution in [0.3, 0.4) is 0 Å².